The maximum Gasteiger partial charge on any atom is 0.323 e. The van der Waals surface area contributed by atoms with Gasteiger partial charge in [0.05, 0.1) is 7.11 Å². The van der Waals surface area contributed by atoms with E-state index in [2.05, 4.69) is 11.1 Å². The van der Waals surface area contributed by atoms with E-state index in [-0.39, 0.29) is 11.4 Å². The zero-order valence-electron chi connectivity index (χ0n) is 10.3. The van der Waals surface area contributed by atoms with Gasteiger partial charge in [0.2, 0.25) is 0 Å². The Kier molecular flexibility index (Phi) is 2.41. The second kappa shape index (κ2) is 3.85. The highest BCUT2D eigenvalue weighted by Crippen LogP contribution is 2.52. The molecule has 1 aliphatic rings. The first-order valence-electron chi connectivity index (χ1n) is 6.09. The number of ether oxygens (including phenoxy) is 1. The second-order valence-electron chi connectivity index (χ2n) is 4.90. The molecule has 0 amide bonds. The number of carbonyl (C=O) groups is 1. The van der Waals surface area contributed by atoms with E-state index in [1.807, 2.05) is 24.4 Å². The van der Waals surface area contributed by atoms with Gasteiger partial charge in [-0.2, -0.15) is 0 Å². The number of nitrogens with one attached hydrogen (secondary N) is 1. The Bertz CT molecular complexity index is 599. The van der Waals surface area contributed by atoms with Gasteiger partial charge in [-0.1, -0.05) is 12.1 Å². The molecule has 0 saturated heterocycles. The molecule has 1 saturated carbocycles. The number of hydrogen-bond acceptors (Lipinski definition) is 3. The van der Waals surface area contributed by atoms with Crippen LogP contribution in [0.1, 0.15) is 18.4 Å². The molecule has 1 unspecified atom stereocenters. The molecular weight excluding hydrogens is 228 g/mol. The van der Waals surface area contributed by atoms with Gasteiger partial charge in [-0.05, 0) is 30.5 Å². The Morgan fingerprint density at radius 1 is 1.44 bits per heavy atom. The molecule has 0 radical (unpaired) electrons. The number of nitrogens with two attached hydrogens (primary N) is 1. The topological polar surface area (TPSA) is 68.1 Å². The van der Waals surface area contributed by atoms with Crippen LogP contribution in [-0.2, 0) is 14.9 Å². The van der Waals surface area contributed by atoms with Crippen LogP contribution in [0.4, 0.5) is 0 Å². The Balaban J connectivity index is 2.09. The van der Waals surface area contributed by atoms with E-state index in [1.165, 1.54) is 7.11 Å². The van der Waals surface area contributed by atoms with Crippen molar-refractivity contribution in [3.63, 3.8) is 0 Å². The monoisotopic (exact) mass is 244 g/mol. The van der Waals surface area contributed by atoms with E-state index in [9.17, 15) is 4.79 Å². The molecule has 3 rings (SSSR count). The van der Waals surface area contributed by atoms with E-state index in [0.29, 0.717) is 0 Å². The molecule has 3 N–H and O–H groups in total. The first-order chi connectivity index (χ1) is 8.69. The molecule has 94 valence electrons. The summed E-state index contributed by atoms with van der Waals surface area (Å²) in [5.41, 5.74) is 8.07. The largest absolute Gasteiger partial charge is 0.468 e. The summed E-state index contributed by atoms with van der Waals surface area (Å²) < 4.78 is 4.78. The predicted octanol–water partition coefficient (Wildman–Crippen LogP) is 1.70. The van der Waals surface area contributed by atoms with E-state index in [4.69, 9.17) is 10.5 Å². The molecule has 0 aliphatic heterocycles. The molecule has 1 heterocycles. The third kappa shape index (κ3) is 1.46. The molecular formula is C14H16N2O2. The van der Waals surface area contributed by atoms with Crippen molar-refractivity contribution in [1.29, 1.82) is 0 Å². The van der Waals surface area contributed by atoms with Crippen LogP contribution in [0.2, 0.25) is 0 Å². The average molecular weight is 244 g/mol. The smallest absolute Gasteiger partial charge is 0.323 e. The normalized spacial score (nSPS) is 18.6. The number of aromatic amines is 1. The fourth-order valence-corrected chi connectivity index (χ4v) is 2.75. The lowest BCUT2D eigenvalue weighted by Gasteiger charge is -2.22. The van der Waals surface area contributed by atoms with Gasteiger partial charge in [-0.25, -0.2) is 0 Å². The summed E-state index contributed by atoms with van der Waals surface area (Å²) in [6.45, 7) is 0. The van der Waals surface area contributed by atoms with Gasteiger partial charge in [-0.15, -0.1) is 0 Å². The lowest BCUT2D eigenvalue weighted by atomic mass is 9.86. The number of benzene rings is 1. The fourth-order valence-electron chi connectivity index (χ4n) is 2.75. The van der Waals surface area contributed by atoms with E-state index in [1.54, 1.807) is 0 Å². The van der Waals surface area contributed by atoms with Gasteiger partial charge in [0, 0.05) is 22.5 Å². The van der Waals surface area contributed by atoms with Gasteiger partial charge in [0.1, 0.15) is 6.04 Å². The Morgan fingerprint density at radius 2 is 2.22 bits per heavy atom. The molecule has 4 heteroatoms. The molecule has 18 heavy (non-hydrogen) atoms. The number of fused-ring (bicyclic) bond motifs is 1. The van der Waals surface area contributed by atoms with E-state index >= 15 is 0 Å². The SMILES string of the molecule is COC(=O)C(N)C1(c2cccc3[nH]ccc23)CC1. The molecule has 1 aromatic heterocycles. The summed E-state index contributed by atoms with van der Waals surface area (Å²) in [5.74, 6) is -0.333. The molecule has 1 fully saturated rings. The zero-order valence-corrected chi connectivity index (χ0v) is 10.3. The highest BCUT2D eigenvalue weighted by Gasteiger charge is 2.53. The minimum absolute atomic E-state index is 0.241. The van der Waals surface area contributed by atoms with Crippen molar-refractivity contribution >= 4 is 16.9 Å². The summed E-state index contributed by atoms with van der Waals surface area (Å²) in [5, 5.41) is 1.15. The first-order valence-corrected chi connectivity index (χ1v) is 6.09. The molecule has 4 nitrogen and oxygen atoms in total. The van der Waals surface area contributed by atoms with Crippen LogP contribution in [0.15, 0.2) is 30.5 Å². The van der Waals surface area contributed by atoms with Crippen LogP contribution in [0.25, 0.3) is 10.9 Å². The van der Waals surface area contributed by atoms with Crippen LogP contribution < -0.4 is 5.73 Å². The number of rotatable bonds is 3. The third-order valence-corrected chi connectivity index (χ3v) is 3.97. The maximum absolute atomic E-state index is 11.7. The number of esters is 1. The Morgan fingerprint density at radius 3 is 2.89 bits per heavy atom. The number of aromatic nitrogens is 1. The van der Waals surface area contributed by atoms with Gasteiger partial charge in [0.25, 0.3) is 0 Å². The van der Waals surface area contributed by atoms with E-state index < -0.39 is 6.04 Å². The summed E-state index contributed by atoms with van der Waals surface area (Å²) in [7, 11) is 1.38. The second-order valence-corrected chi connectivity index (χ2v) is 4.90. The van der Waals surface area contributed by atoms with Crippen LogP contribution in [0.3, 0.4) is 0 Å². The highest BCUT2D eigenvalue weighted by atomic mass is 16.5. The van der Waals surface area contributed by atoms with Crippen LogP contribution in [0.5, 0.6) is 0 Å². The van der Waals surface area contributed by atoms with Crippen molar-refractivity contribution in [3.8, 4) is 0 Å². The number of carbonyl (C=O) groups excluding carboxylic acids is 1. The minimum Gasteiger partial charge on any atom is -0.468 e. The Labute approximate surface area is 105 Å². The van der Waals surface area contributed by atoms with Crippen LogP contribution in [-0.4, -0.2) is 24.1 Å². The third-order valence-electron chi connectivity index (χ3n) is 3.97. The van der Waals surface area contributed by atoms with Crippen LogP contribution in [0, 0.1) is 0 Å². The van der Waals surface area contributed by atoms with Crippen molar-refractivity contribution in [1.82, 2.24) is 4.98 Å². The molecule has 0 spiro atoms. The van der Waals surface area contributed by atoms with Gasteiger partial charge in [0.15, 0.2) is 0 Å². The lowest BCUT2D eigenvalue weighted by molar-refractivity contribution is -0.143. The molecule has 1 atom stereocenters. The number of hydrogen-bond donors (Lipinski definition) is 2. The first kappa shape index (κ1) is 11.3. The average Bonchev–Trinajstić information content (AvgIpc) is 3.06. The van der Waals surface area contributed by atoms with Gasteiger partial charge < -0.3 is 15.5 Å². The summed E-state index contributed by atoms with van der Waals surface area (Å²) in [4.78, 5) is 14.9. The van der Waals surface area contributed by atoms with Crippen molar-refractivity contribution < 1.29 is 9.53 Å². The van der Waals surface area contributed by atoms with Crippen molar-refractivity contribution in [2.24, 2.45) is 5.73 Å². The predicted molar refractivity (Wildman–Crippen MR) is 69.2 cm³/mol. The van der Waals surface area contributed by atoms with Gasteiger partial charge in [-0.3, -0.25) is 4.79 Å². The zero-order chi connectivity index (χ0) is 12.8. The van der Waals surface area contributed by atoms with Gasteiger partial charge >= 0.3 is 5.97 Å². The molecule has 1 aliphatic carbocycles. The molecule has 0 bridgehead atoms. The lowest BCUT2D eigenvalue weighted by Crippen LogP contribution is -2.42. The molecule has 2 aromatic rings. The maximum atomic E-state index is 11.7. The van der Waals surface area contributed by atoms with Crippen LogP contribution >= 0.6 is 0 Å². The quantitative estimate of drug-likeness (QED) is 0.807. The minimum atomic E-state index is -0.581. The summed E-state index contributed by atoms with van der Waals surface area (Å²) in [6.07, 6.45) is 3.79. The number of methoxy groups -OCH3 is 1. The standard InChI is InChI=1S/C14H16N2O2/c1-18-13(17)12(15)14(6-7-14)10-3-2-4-11-9(10)5-8-16-11/h2-5,8,12,16H,6-7,15H2,1H3. The number of H-pyrrole nitrogens is 1. The van der Waals surface area contributed by atoms with Crippen molar-refractivity contribution in [2.45, 2.75) is 24.3 Å². The van der Waals surface area contributed by atoms with Crippen molar-refractivity contribution in [2.75, 3.05) is 7.11 Å². The fraction of sp³-hybridized carbons (Fsp3) is 0.357. The Hall–Kier alpha value is -1.81. The molecule has 1 aromatic carbocycles. The highest BCUT2D eigenvalue weighted by molar-refractivity contribution is 5.87. The van der Waals surface area contributed by atoms with E-state index in [0.717, 1.165) is 29.3 Å². The van der Waals surface area contributed by atoms with Crippen molar-refractivity contribution in [3.05, 3.63) is 36.0 Å². The summed E-state index contributed by atoms with van der Waals surface area (Å²) >= 11 is 0. The summed E-state index contributed by atoms with van der Waals surface area (Å²) in [6, 6.07) is 7.54.